The summed E-state index contributed by atoms with van der Waals surface area (Å²) in [6.45, 7) is 2.17. The molecule has 180 valence electrons. The van der Waals surface area contributed by atoms with Crippen LogP contribution >= 0.6 is 0 Å². The molecule has 0 heterocycles. The van der Waals surface area contributed by atoms with Gasteiger partial charge in [0.15, 0.2) is 11.6 Å². The van der Waals surface area contributed by atoms with Crippen LogP contribution in [0.2, 0.25) is 0 Å². The second kappa shape index (κ2) is 9.72. The van der Waals surface area contributed by atoms with Crippen molar-refractivity contribution in [2.45, 2.75) is 58.2 Å². The van der Waals surface area contributed by atoms with Crippen molar-refractivity contribution < 1.29 is 31.1 Å². The van der Waals surface area contributed by atoms with Gasteiger partial charge in [0.1, 0.15) is 11.6 Å². The summed E-state index contributed by atoms with van der Waals surface area (Å²) >= 11 is 0. The average Bonchev–Trinajstić information content (AvgIpc) is 3.12. The number of ether oxygens (including phenoxy) is 1. The lowest BCUT2D eigenvalue weighted by atomic mass is 9.97. The molecule has 0 unspecified atom stereocenters. The van der Waals surface area contributed by atoms with E-state index in [0.717, 1.165) is 42.0 Å². The van der Waals surface area contributed by atoms with E-state index in [-0.39, 0.29) is 12.0 Å². The van der Waals surface area contributed by atoms with E-state index in [1.807, 2.05) is 18.2 Å². The van der Waals surface area contributed by atoms with Crippen LogP contribution < -0.4 is 4.74 Å². The second-order valence-corrected chi connectivity index (χ2v) is 8.60. The van der Waals surface area contributed by atoms with E-state index in [2.05, 4.69) is 11.7 Å². The van der Waals surface area contributed by atoms with Gasteiger partial charge in [0.05, 0.1) is 5.56 Å². The molecule has 1 aliphatic carbocycles. The number of benzene rings is 3. The van der Waals surface area contributed by atoms with Crippen molar-refractivity contribution in [1.82, 2.24) is 0 Å². The van der Waals surface area contributed by atoms with Crippen LogP contribution in [0.4, 0.5) is 26.3 Å². The molecular weight excluding hydrogens is 454 g/mol. The van der Waals surface area contributed by atoms with Crippen LogP contribution in [-0.2, 0) is 12.8 Å². The fourth-order valence-electron chi connectivity index (χ4n) is 4.54. The van der Waals surface area contributed by atoms with E-state index in [1.165, 1.54) is 25.3 Å². The zero-order valence-corrected chi connectivity index (χ0v) is 18.7. The van der Waals surface area contributed by atoms with Crippen molar-refractivity contribution in [3.63, 3.8) is 0 Å². The lowest BCUT2D eigenvalue weighted by molar-refractivity contribution is -0.275. The van der Waals surface area contributed by atoms with Gasteiger partial charge in [0.25, 0.3) is 0 Å². The van der Waals surface area contributed by atoms with Gasteiger partial charge in [-0.2, -0.15) is 0 Å². The molecule has 3 aromatic rings. The third kappa shape index (κ3) is 5.08. The maximum atomic E-state index is 15.4. The summed E-state index contributed by atoms with van der Waals surface area (Å²) in [4.78, 5) is 0. The molecule has 0 aromatic heterocycles. The van der Waals surface area contributed by atoms with Gasteiger partial charge in [0.2, 0.25) is 0 Å². The number of halogens is 6. The highest BCUT2D eigenvalue weighted by Crippen LogP contribution is 2.43. The molecule has 0 aliphatic heterocycles. The van der Waals surface area contributed by atoms with E-state index in [4.69, 9.17) is 0 Å². The molecule has 0 bridgehead atoms. The Labute approximate surface area is 194 Å². The van der Waals surface area contributed by atoms with Gasteiger partial charge in [-0.3, -0.25) is 0 Å². The van der Waals surface area contributed by atoms with Crippen LogP contribution in [0.1, 0.15) is 55.7 Å². The van der Waals surface area contributed by atoms with E-state index < -0.39 is 35.1 Å². The summed E-state index contributed by atoms with van der Waals surface area (Å²) in [6.07, 6.45) is 1.92. The van der Waals surface area contributed by atoms with E-state index in [1.54, 1.807) is 0 Å². The van der Waals surface area contributed by atoms with E-state index >= 15 is 4.39 Å². The summed E-state index contributed by atoms with van der Waals surface area (Å²) < 4.78 is 85.3. The SMILES string of the molecule is CCCCCCCc1ccc2c(c1)Cc1c-2cc(F)c(-c2ccc(OC(F)(F)F)c(F)c2)c1F. The summed E-state index contributed by atoms with van der Waals surface area (Å²) in [7, 11) is 0. The van der Waals surface area contributed by atoms with Gasteiger partial charge in [-0.1, -0.05) is 56.9 Å². The molecule has 0 spiro atoms. The Morgan fingerprint density at radius 2 is 1.59 bits per heavy atom. The van der Waals surface area contributed by atoms with Crippen molar-refractivity contribution in [1.29, 1.82) is 0 Å². The quantitative estimate of drug-likeness (QED) is 0.182. The number of hydrogen-bond acceptors (Lipinski definition) is 1. The Morgan fingerprint density at radius 3 is 2.29 bits per heavy atom. The lowest BCUT2D eigenvalue weighted by Crippen LogP contribution is -2.17. The Kier molecular flexibility index (Phi) is 6.91. The molecule has 0 atom stereocenters. The predicted molar refractivity (Wildman–Crippen MR) is 119 cm³/mol. The molecule has 3 aromatic carbocycles. The minimum absolute atomic E-state index is 0.200. The normalized spacial score (nSPS) is 12.6. The van der Waals surface area contributed by atoms with E-state index in [9.17, 15) is 22.0 Å². The highest BCUT2D eigenvalue weighted by molar-refractivity contribution is 5.81. The molecule has 1 nitrogen and oxygen atoms in total. The maximum Gasteiger partial charge on any atom is 0.573 e. The van der Waals surface area contributed by atoms with Crippen molar-refractivity contribution in [3.05, 3.63) is 76.6 Å². The smallest absolute Gasteiger partial charge is 0.403 e. The number of rotatable bonds is 8. The second-order valence-electron chi connectivity index (χ2n) is 8.60. The molecule has 0 N–H and O–H groups in total. The van der Waals surface area contributed by atoms with Crippen LogP contribution in [-0.4, -0.2) is 6.36 Å². The van der Waals surface area contributed by atoms with Crippen LogP contribution in [0.25, 0.3) is 22.3 Å². The van der Waals surface area contributed by atoms with Gasteiger partial charge >= 0.3 is 6.36 Å². The predicted octanol–water partition coefficient (Wildman–Crippen LogP) is 8.75. The first kappa shape index (κ1) is 24.2. The van der Waals surface area contributed by atoms with Crippen molar-refractivity contribution in [2.24, 2.45) is 0 Å². The molecule has 0 saturated heterocycles. The highest BCUT2D eigenvalue weighted by Gasteiger charge is 2.33. The van der Waals surface area contributed by atoms with Crippen LogP contribution in [0, 0.1) is 17.5 Å². The Balaban J connectivity index is 1.60. The summed E-state index contributed by atoms with van der Waals surface area (Å²) in [5, 5.41) is 0. The Bertz CT molecular complexity index is 1200. The van der Waals surface area contributed by atoms with Crippen LogP contribution in [0.15, 0.2) is 42.5 Å². The van der Waals surface area contributed by atoms with Crippen molar-refractivity contribution >= 4 is 0 Å². The van der Waals surface area contributed by atoms with Crippen molar-refractivity contribution in [2.75, 3.05) is 0 Å². The third-order valence-corrected chi connectivity index (χ3v) is 6.16. The fourth-order valence-corrected chi connectivity index (χ4v) is 4.54. The molecule has 34 heavy (non-hydrogen) atoms. The Morgan fingerprint density at radius 1 is 0.824 bits per heavy atom. The van der Waals surface area contributed by atoms with Gasteiger partial charge in [0, 0.05) is 12.0 Å². The first-order chi connectivity index (χ1) is 16.2. The molecule has 0 radical (unpaired) electrons. The Hall–Kier alpha value is -2.96. The van der Waals surface area contributed by atoms with Gasteiger partial charge in [-0.15, -0.1) is 13.2 Å². The maximum absolute atomic E-state index is 15.4. The summed E-state index contributed by atoms with van der Waals surface area (Å²) in [5.74, 6) is -4.17. The molecule has 1 aliphatic rings. The fraction of sp³-hybridized carbons (Fsp3) is 0.333. The molecule has 0 amide bonds. The lowest BCUT2D eigenvalue weighted by Gasteiger charge is -2.13. The third-order valence-electron chi connectivity index (χ3n) is 6.16. The largest absolute Gasteiger partial charge is 0.573 e. The zero-order chi connectivity index (χ0) is 24.5. The number of alkyl halides is 3. The zero-order valence-electron chi connectivity index (χ0n) is 18.7. The molecular formula is C27H24F6O. The highest BCUT2D eigenvalue weighted by atomic mass is 19.4. The molecule has 4 rings (SSSR count). The van der Waals surface area contributed by atoms with Crippen LogP contribution in [0.5, 0.6) is 5.75 Å². The van der Waals surface area contributed by atoms with Crippen LogP contribution in [0.3, 0.4) is 0 Å². The number of unbranched alkanes of at least 4 members (excludes halogenated alkanes) is 4. The number of hydrogen-bond donors (Lipinski definition) is 0. The molecule has 0 fully saturated rings. The molecule has 0 saturated carbocycles. The number of fused-ring (bicyclic) bond motifs is 3. The molecule has 7 heteroatoms. The van der Waals surface area contributed by atoms with Gasteiger partial charge in [-0.05, 0) is 58.9 Å². The average molecular weight is 478 g/mol. The van der Waals surface area contributed by atoms with Gasteiger partial charge in [-0.25, -0.2) is 13.2 Å². The van der Waals surface area contributed by atoms with E-state index in [0.29, 0.717) is 23.3 Å². The minimum Gasteiger partial charge on any atom is -0.403 e. The number of aryl methyl sites for hydroxylation is 1. The minimum atomic E-state index is -5.08. The first-order valence-electron chi connectivity index (χ1n) is 11.4. The standard InChI is InChI=1S/C27H24F6O/c1-2-3-4-5-6-7-16-8-10-19-18(12-16)13-21-20(19)15-23(29)25(26(21)30)17-9-11-24(22(28)14-17)34-27(31,32)33/h8-12,14-15H,2-7,13H2,1H3. The summed E-state index contributed by atoms with van der Waals surface area (Å²) in [5.41, 5.74) is 2.87. The topological polar surface area (TPSA) is 9.23 Å². The summed E-state index contributed by atoms with van der Waals surface area (Å²) in [6, 6.07) is 9.46. The first-order valence-corrected chi connectivity index (χ1v) is 11.4. The monoisotopic (exact) mass is 478 g/mol. The van der Waals surface area contributed by atoms with Gasteiger partial charge < -0.3 is 4.74 Å². The van der Waals surface area contributed by atoms with Crippen molar-refractivity contribution in [3.8, 4) is 28.0 Å².